The van der Waals surface area contributed by atoms with Gasteiger partial charge in [0.15, 0.2) is 0 Å². The summed E-state index contributed by atoms with van der Waals surface area (Å²) in [5.74, 6) is 0.764. The maximum atomic E-state index is 13.7. The second-order valence-corrected chi connectivity index (χ2v) is 8.58. The van der Waals surface area contributed by atoms with Crippen LogP contribution < -0.4 is 4.90 Å². The van der Waals surface area contributed by atoms with E-state index in [0.29, 0.717) is 11.8 Å². The number of halogens is 1. The molecule has 3 aromatic carbocycles. The predicted octanol–water partition coefficient (Wildman–Crippen LogP) is 5.40. The van der Waals surface area contributed by atoms with Crippen LogP contribution >= 0.6 is 0 Å². The Balaban J connectivity index is 1.42. The van der Waals surface area contributed by atoms with Crippen LogP contribution in [0.15, 0.2) is 77.2 Å². The van der Waals surface area contributed by atoms with Gasteiger partial charge in [-0.3, -0.25) is 4.90 Å². The summed E-state index contributed by atoms with van der Waals surface area (Å²) in [7, 11) is 0. The number of hydrogen-bond acceptors (Lipinski definition) is 5. The van der Waals surface area contributed by atoms with Gasteiger partial charge >= 0.3 is 0 Å². The van der Waals surface area contributed by atoms with Crippen molar-refractivity contribution in [2.24, 2.45) is 0 Å². The predicted molar refractivity (Wildman–Crippen MR) is 128 cm³/mol. The second-order valence-electron chi connectivity index (χ2n) is 8.58. The fourth-order valence-electron chi connectivity index (χ4n) is 4.48. The summed E-state index contributed by atoms with van der Waals surface area (Å²) in [5.41, 5.74) is 5.67. The van der Waals surface area contributed by atoms with E-state index >= 15 is 0 Å². The first kappa shape index (κ1) is 21.3. The highest BCUT2D eigenvalue weighted by Gasteiger charge is 2.31. The number of piperazine rings is 1. The third-order valence-electron chi connectivity index (χ3n) is 6.27. The molecule has 0 amide bonds. The van der Waals surface area contributed by atoms with Gasteiger partial charge in [-0.25, -0.2) is 4.39 Å². The lowest BCUT2D eigenvalue weighted by molar-refractivity contribution is 0.188. The van der Waals surface area contributed by atoms with Gasteiger partial charge < -0.3 is 9.32 Å². The van der Waals surface area contributed by atoms with Crippen molar-refractivity contribution in [3.05, 3.63) is 101 Å². The van der Waals surface area contributed by atoms with Crippen molar-refractivity contribution >= 4 is 5.69 Å². The number of nitrogens with zero attached hydrogens (tertiary/aromatic N) is 4. The van der Waals surface area contributed by atoms with Gasteiger partial charge in [0, 0.05) is 37.4 Å². The van der Waals surface area contributed by atoms with Crippen molar-refractivity contribution in [3.8, 4) is 11.5 Å². The number of anilines is 1. The summed E-state index contributed by atoms with van der Waals surface area (Å²) in [6.07, 6.45) is 0. The number of benzene rings is 3. The van der Waals surface area contributed by atoms with Crippen LogP contribution in [0.3, 0.4) is 0 Å². The van der Waals surface area contributed by atoms with E-state index in [4.69, 9.17) is 4.42 Å². The molecule has 0 spiro atoms. The van der Waals surface area contributed by atoms with Crippen LogP contribution in [-0.4, -0.2) is 41.3 Å². The lowest BCUT2D eigenvalue weighted by Gasteiger charge is -2.39. The summed E-state index contributed by atoms with van der Waals surface area (Å²) in [6, 6.07) is 22.7. The molecule has 5 rings (SSSR count). The Morgan fingerprint density at radius 1 is 0.848 bits per heavy atom. The number of hydrogen-bond donors (Lipinski definition) is 0. The van der Waals surface area contributed by atoms with Gasteiger partial charge in [0.25, 0.3) is 0 Å². The van der Waals surface area contributed by atoms with Crippen molar-refractivity contribution in [2.45, 2.75) is 19.9 Å². The molecule has 1 aromatic heterocycles. The van der Waals surface area contributed by atoms with E-state index in [9.17, 15) is 4.39 Å². The second kappa shape index (κ2) is 9.16. The fraction of sp³-hybridized carbons (Fsp3) is 0.259. The highest BCUT2D eigenvalue weighted by molar-refractivity contribution is 5.55. The van der Waals surface area contributed by atoms with Crippen molar-refractivity contribution in [1.29, 1.82) is 0 Å². The molecule has 168 valence electrons. The van der Waals surface area contributed by atoms with Gasteiger partial charge in [-0.1, -0.05) is 42.5 Å². The van der Waals surface area contributed by atoms with Crippen LogP contribution in [0.5, 0.6) is 0 Å². The van der Waals surface area contributed by atoms with Crippen LogP contribution in [-0.2, 0) is 0 Å². The standard InChI is InChI=1S/C27H27FN4O/c1-19-8-9-20(2)24(18-19)31-14-16-32(17-15-31)25(21-10-12-23(28)13-11-21)27-30-29-26(33-27)22-6-4-3-5-7-22/h3-13,18,25H,14-17H2,1-2H3/t25-/m1/s1. The zero-order valence-electron chi connectivity index (χ0n) is 18.9. The molecule has 4 aromatic rings. The molecule has 0 saturated carbocycles. The molecule has 1 saturated heterocycles. The number of rotatable bonds is 5. The van der Waals surface area contributed by atoms with Gasteiger partial charge in [0.2, 0.25) is 11.8 Å². The molecule has 1 aliphatic rings. The van der Waals surface area contributed by atoms with Gasteiger partial charge in [0.05, 0.1) is 0 Å². The summed E-state index contributed by atoms with van der Waals surface area (Å²) in [6.45, 7) is 7.73. The minimum Gasteiger partial charge on any atom is -0.419 e. The first-order valence-electron chi connectivity index (χ1n) is 11.3. The molecule has 0 unspecified atom stereocenters. The Morgan fingerprint density at radius 2 is 1.58 bits per heavy atom. The highest BCUT2D eigenvalue weighted by atomic mass is 19.1. The van der Waals surface area contributed by atoms with E-state index < -0.39 is 0 Å². The average Bonchev–Trinajstić information content (AvgIpc) is 3.33. The largest absolute Gasteiger partial charge is 0.419 e. The summed E-state index contributed by atoms with van der Waals surface area (Å²) < 4.78 is 19.8. The molecule has 0 radical (unpaired) electrons. The number of aryl methyl sites for hydroxylation is 2. The summed E-state index contributed by atoms with van der Waals surface area (Å²) in [4.78, 5) is 4.78. The normalized spacial score (nSPS) is 15.5. The Labute approximate surface area is 193 Å². The molecule has 1 atom stereocenters. The highest BCUT2D eigenvalue weighted by Crippen LogP contribution is 2.32. The van der Waals surface area contributed by atoms with Crippen molar-refractivity contribution in [2.75, 3.05) is 31.1 Å². The molecule has 0 aliphatic carbocycles. The quantitative estimate of drug-likeness (QED) is 0.414. The van der Waals surface area contributed by atoms with Crippen LogP contribution in [0.1, 0.15) is 28.6 Å². The molecule has 6 heteroatoms. The zero-order chi connectivity index (χ0) is 22.8. The number of aromatic nitrogens is 2. The lowest BCUT2D eigenvalue weighted by atomic mass is 10.0. The molecular formula is C27H27FN4O. The van der Waals surface area contributed by atoms with Crippen LogP contribution in [0.4, 0.5) is 10.1 Å². The van der Waals surface area contributed by atoms with Crippen LogP contribution in [0.2, 0.25) is 0 Å². The zero-order valence-corrected chi connectivity index (χ0v) is 18.9. The first-order chi connectivity index (χ1) is 16.1. The van der Waals surface area contributed by atoms with Gasteiger partial charge in [-0.15, -0.1) is 10.2 Å². The first-order valence-corrected chi connectivity index (χ1v) is 11.3. The monoisotopic (exact) mass is 442 g/mol. The van der Waals surface area contributed by atoms with E-state index in [2.05, 4.69) is 52.0 Å². The maximum absolute atomic E-state index is 13.7. The lowest BCUT2D eigenvalue weighted by Crippen LogP contribution is -2.48. The van der Waals surface area contributed by atoms with Gasteiger partial charge in [0.1, 0.15) is 11.9 Å². The van der Waals surface area contributed by atoms with Gasteiger partial charge in [-0.2, -0.15) is 0 Å². The minimum atomic E-state index is -0.257. The maximum Gasteiger partial charge on any atom is 0.247 e. The topological polar surface area (TPSA) is 45.4 Å². The molecule has 1 aliphatic heterocycles. The molecular weight excluding hydrogens is 415 g/mol. The third kappa shape index (κ3) is 4.52. The Hall–Kier alpha value is -3.51. The SMILES string of the molecule is Cc1ccc(C)c(N2CCN([C@H](c3ccc(F)cc3)c3nnc(-c4ccccc4)o3)CC2)c1. The van der Waals surface area contributed by atoms with E-state index in [1.54, 1.807) is 0 Å². The van der Waals surface area contributed by atoms with Crippen molar-refractivity contribution in [1.82, 2.24) is 15.1 Å². The fourth-order valence-corrected chi connectivity index (χ4v) is 4.48. The third-order valence-corrected chi connectivity index (χ3v) is 6.27. The van der Waals surface area contributed by atoms with Gasteiger partial charge in [-0.05, 0) is 60.9 Å². The smallest absolute Gasteiger partial charge is 0.247 e. The molecule has 0 bridgehead atoms. The minimum absolute atomic E-state index is 0.226. The molecule has 33 heavy (non-hydrogen) atoms. The average molecular weight is 443 g/mol. The van der Waals surface area contributed by atoms with E-state index in [1.165, 1.54) is 28.9 Å². The van der Waals surface area contributed by atoms with Crippen molar-refractivity contribution < 1.29 is 8.81 Å². The van der Waals surface area contributed by atoms with Crippen LogP contribution in [0.25, 0.3) is 11.5 Å². The summed E-state index contributed by atoms with van der Waals surface area (Å²) in [5, 5.41) is 8.71. The molecule has 0 N–H and O–H groups in total. The Bertz CT molecular complexity index is 1210. The molecule has 2 heterocycles. The summed E-state index contributed by atoms with van der Waals surface area (Å²) >= 11 is 0. The molecule has 1 fully saturated rings. The molecule has 5 nitrogen and oxygen atoms in total. The van der Waals surface area contributed by atoms with Crippen molar-refractivity contribution in [3.63, 3.8) is 0 Å². The van der Waals surface area contributed by atoms with E-state index in [0.717, 1.165) is 37.3 Å². The Kier molecular flexibility index (Phi) is 5.92. The Morgan fingerprint density at radius 3 is 2.30 bits per heavy atom. The van der Waals surface area contributed by atoms with Crippen LogP contribution in [0, 0.1) is 19.7 Å². The van der Waals surface area contributed by atoms with E-state index in [1.807, 2.05) is 42.5 Å². The van der Waals surface area contributed by atoms with E-state index in [-0.39, 0.29) is 11.9 Å².